The van der Waals surface area contributed by atoms with Crippen LogP contribution in [0.15, 0.2) is 67.4 Å². The lowest BCUT2D eigenvalue weighted by Gasteiger charge is -2.14. The van der Waals surface area contributed by atoms with Crippen LogP contribution in [0.25, 0.3) is 16.8 Å². The van der Waals surface area contributed by atoms with Crippen molar-refractivity contribution in [1.82, 2.24) is 4.98 Å². The Kier molecular flexibility index (Phi) is 4.57. The standard InChI is InChI=1S/C20H20N4O/c1-13(14-3-7-17(25-2)8-4-14)24-19-11-15(5-9-18(19)21)16-6-10-20(22)23-12-16/h3-12,24H,1,21H2,2H3,(H2,22,23). The van der Waals surface area contributed by atoms with Gasteiger partial charge in [-0.1, -0.05) is 12.6 Å². The van der Waals surface area contributed by atoms with E-state index in [9.17, 15) is 0 Å². The molecule has 0 spiro atoms. The number of anilines is 3. The van der Waals surface area contributed by atoms with Gasteiger partial charge in [-0.15, -0.1) is 0 Å². The lowest BCUT2D eigenvalue weighted by atomic mass is 10.1. The normalized spacial score (nSPS) is 10.3. The van der Waals surface area contributed by atoms with E-state index in [1.165, 1.54) is 0 Å². The van der Waals surface area contributed by atoms with Gasteiger partial charge in [0.15, 0.2) is 0 Å². The largest absolute Gasteiger partial charge is 0.497 e. The molecule has 25 heavy (non-hydrogen) atoms. The topological polar surface area (TPSA) is 86.2 Å². The van der Waals surface area contributed by atoms with Crippen LogP contribution in [-0.4, -0.2) is 12.1 Å². The van der Waals surface area contributed by atoms with Gasteiger partial charge < -0.3 is 21.5 Å². The number of aromatic nitrogens is 1. The lowest BCUT2D eigenvalue weighted by Crippen LogP contribution is -2.01. The number of benzene rings is 2. The third kappa shape index (κ3) is 3.72. The van der Waals surface area contributed by atoms with Crippen molar-refractivity contribution in [1.29, 1.82) is 0 Å². The molecule has 1 heterocycles. The molecule has 0 amide bonds. The monoisotopic (exact) mass is 332 g/mol. The maximum absolute atomic E-state index is 6.10. The van der Waals surface area contributed by atoms with Crippen LogP contribution in [0, 0.1) is 0 Å². The second-order valence-corrected chi connectivity index (χ2v) is 5.61. The van der Waals surface area contributed by atoms with E-state index >= 15 is 0 Å². The smallest absolute Gasteiger partial charge is 0.123 e. The van der Waals surface area contributed by atoms with E-state index in [1.54, 1.807) is 19.4 Å². The fourth-order valence-corrected chi connectivity index (χ4v) is 2.45. The molecule has 0 saturated heterocycles. The van der Waals surface area contributed by atoms with Gasteiger partial charge in [-0.25, -0.2) is 4.98 Å². The fourth-order valence-electron chi connectivity index (χ4n) is 2.45. The van der Waals surface area contributed by atoms with Crippen molar-refractivity contribution in [2.75, 3.05) is 23.9 Å². The Morgan fingerprint density at radius 2 is 1.72 bits per heavy atom. The van der Waals surface area contributed by atoms with Gasteiger partial charge in [0.1, 0.15) is 11.6 Å². The molecular formula is C20H20N4O. The Morgan fingerprint density at radius 1 is 1.00 bits per heavy atom. The molecule has 0 radical (unpaired) electrons. The maximum Gasteiger partial charge on any atom is 0.123 e. The number of nitrogens with two attached hydrogens (primary N) is 2. The Balaban J connectivity index is 1.84. The van der Waals surface area contributed by atoms with Crippen molar-refractivity contribution in [3.63, 3.8) is 0 Å². The molecule has 0 saturated carbocycles. The van der Waals surface area contributed by atoms with Gasteiger partial charge in [-0.3, -0.25) is 0 Å². The summed E-state index contributed by atoms with van der Waals surface area (Å²) >= 11 is 0. The SMILES string of the molecule is C=C(Nc1cc(-c2ccc(N)nc2)ccc1N)c1ccc(OC)cc1. The number of rotatable bonds is 5. The van der Waals surface area contributed by atoms with E-state index in [0.29, 0.717) is 11.5 Å². The molecule has 3 rings (SSSR count). The summed E-state index contributed by atoms with van der Waals surface area (Å²) in [5.74, 6) is 1.29. The molecule has 0 unspecified atom stereocenters. The van der Waals surface area contributed by atoms with E-state index in [0.717, 1.165) is 33.8 Å². The summed E-state index contributed by atoms with van der Waals surface area (Å²) in [5, 5.41) is 3.28. The maximum atomic E-state index is 6.10. The predicted octanol–water partition coefficient (Wildman–Crippen LogP) is 4.00. The van der Waals surface area contributed by atoms with Gasteiger partial charge in [0.25, 0.3) is 0 Å². The molecule has 0 aliphatic heterocycles. The number of pyridine rings is 1. The number of methoxy groups -OCH3 is 1. The van der Waals surface area contributed by atoms with Crippen molar-refractivity contribution >= 4 is 22.9 Å². The number of ether oxygens (including phenoxy) is 1. The summed E-state index contributed by atoms with van der Waals surface area (Å²) in [5.41, 5.74) is 16.8. The first-order valence-electron chi connectivity index (χ1n) is 7.78. The van der Waals surface area contributed by atoms with Gasteiger partial charge in [0.2, 0.25) is 0 Å². The fraction of sp³-hybridized carbons (Fsp3) is 0.0500. The molecule has 5 heteroatoms. The van der Waals surface area contributed by atoms with Crippen LogP contribution in [0.2, 0.25) is 0 Å². The summed E-state index contributed by atoms with van der Waals surface area (Å²) < 4.78 is 5.17. The van der Waals surface area contributed by atoms with Crippen LogP contribution in [0.5, 0.6) is 5.75 Å². The summed E-state index contributed by atoms with van der Waals surface area (Å²) in [6, 6.07) is 17.1. The van der Waals surface area contributed by atoms with Crippen molar-refractivity contribution in [2.45, 2.75) is 0 Å². The van der Waals surface area contributed by atoms with Crippen LogP contribution in [0.4, 0.5) is 17.2 Å². The van der Waals surface area contributed by atoms with Crippen LogP contribution in [-0.2, 0) is 0 Å². The highest BCUT2D eigenvalue weighted by molar-refractivity contribution is 5.84. The zero-order valence-electron chi connectivity index (χ0n) is 14.0. The molecule has 3 aromatic rings. The average molecular weight is 332 g/mol. The molecule has 5 nitrogen and oxygen atoms in total. The second-order valence-electron chi connectivity index (χ2n) is 5.61. The molecule has 2 aromatic carbocycles. The zero-order valence-corrected chi connectivity index (χ0v) is 14.0. The first kappa shape index (κ1) is 16.4. The summed E-state index contributed by atoms with van der Waals surface area (Å²) in [7, 11) is 1.64. The van der Waals surface area contributed by atoms with Gasteiger partial charge in [-0.2, -0.15) is 0 Å². The molecule has 0 bridgehead atoms. The van der Waals surface area contributed by atoms with Crippen molar-refractivity contribution < 1.29 is 4.74 Å². The second kappa shape index (κ2) is 6.97. The van der Waals surface area contributed by atoms with E-state index < -0.39 is 0 Å². The molecular weight excluding hydrogens is 312 g/mol. The lowest BCUT2D eigenvalue weighted by molar-refractivity contribution is 0.415. The van der Waals surface area contributed by atoms with E-state index in [2.05, 4.69) is 16.9 Å². The van der Waals surface area contributed by atoms with E-state index in [1.807, 2.05) is 48.5 Å². The van der Waals surface area contributed by atoms with Crippen LogP contribution in [0.3, 0.4) is 0 Å². The highest BCUT2D eigenvalue weighted by Crippen LogP contribution is 2.29. The quantitative estimate of drug-likeness (QED) is 0.615. The van der Waals surface area contributed by atoms with Crippen LogP contribution < -0.4 is 21.5 Å². The first-order chi connectivity index (χ1) is 12.1. The van der Waals surface area contributed by atoms with Crippen LogP contribution >= 0.6 is 0 Å². The van der Waals surface area contributed by atoms with Gasteiger partial charge in [-0.05, 0) is 59.7 Å². The molecule has 126 valence electrons. The van der Waals surface area contributed by atoms with Gasteiger partial charge in [0.05, 0.1) is 18.5 Å². The Morgan fingerprint density at radius 3 is 2.36 bits per heavy atom. The van der Waals surface area contributed by atoms with Crippen molar-refractivity contribution in [2.24, 2.45) is 0 Å². The summed E-state index contributed by atoms with van der Waals surface area (Å²) in [6.07, 6.45) is 1.74. The molecule has 0 fully saturated rings. The molecule has 0 atom stereocenters. The average Bonchev–Trinajstić information content (AvgIpc) is 2.64. The number of nitrogen functional groups attached to an aromatic ring is 2. The highest BCUT2D eigenvalue weighted by Gasteiger charge is 2.06. The van der Waals surface area contributed by atoms with E-state index in [4.69, 9.17) is 16.2 Å². The zero-order chi connectivity index (χ0) is 17.8. The number of nitrogens with zero attached hydrogens (tertiary/aromatic N) is 1. The minimum Gasteiger partial charge on any atom is -0.497 e. The molecule has 0 aliphatic rings. The first-order valence-corrected chi connectivity index (χ1v) is 7.78. The number of hydrogen-bond acceptors (Lipinski definition) is 5. The number of nitrogens with one attached hydrogen (secondary N) is 1. The Bertz CT molecular complexity index is 887. The summed E-state index contributed by atoms with van der Waals surface area (Å²) in [4.78, 5) is 4.13. The highest BCUT2D eigenvalue weighted by atomic mass is 16.5. The molecule has 5 N–H and O–H groups in total. The third-order valence-corrected chi connectivity index (χ3v) is 3.90. The number of hydrogen-bond donors (Lipinski definition) is 3. The minimum atomic E-state index is 0.491. The van der Waals surface area contributed by atoms with E-state index in [-0.39, 0.29) is 0 Å². The Labute approximate surface area is 147 Å². The molecule has 1 aromatic heterocycles. The van der Waals surface area contributed by atoms with Gasteiger partial charge in [0, 0.05) is 17.5 Å². The van der Waals surface area contributed by atoms with Crippen molar-refractivity contribution in [3.8, 4) is 16.9 Å². The van der Waals surface area contributed by atoms with Crippen LogP contribution in [0.1, 0.15) is 5.56 Å². The van der Waals surface area contributed by atoms with Gasteiger partial charge >= 0.3 is 0 Å². The predicted molar refractivity (Wildman–Crippen MR) is 104 cm³/mol. The third-order valence-electron chi connectivity index (χ3n) is 3.90. The Hall–Kier alpha value is -3.47. The van der Waals surface area contributed by atoms with Crippen molar-refractivity contribution in [3.05, 3.63) is 72.9 Å². The summed E-state index contributed by atoms with van der Waals surface area (Å²) in [6.45, 7) is 4.09. The molecule has 0 aliphatic carbocycles. The minimum absolute atomic E-state index is 0.491.